The van der Waals surface area contributed by atoms with E-state index in [1.165, 1.54) is 11.8 Å². The largest absolute Gasteiger partial charge is 0.436 e. The number of halogens is 1. The van der Waals surface area contributed by atoms with E-state index >= 15 is 0 Å². The molecule has 0 saturated carbocycles. The third-order valence-electron chi connectivity index (χ3n) is 4.12. The highest BCUT2D eigenvalue weighted by Gasteiger charge is 2.10. The Balaban J connectivity index is 1.45. The molecule has 0 atom stereocenters. The molecule has 0 fully saturated rings. The van der Waals surface area contributed by atoms with Crippen LogP contribution in [0.4, 0.5) is 5.69 Å². The fourth-order valence-electron chi connectivity index (χ4n) is 2.77. The molecule has 4 aromatic rings. The van der Waals surface area contributed by atoms with E-state index < -0.39 is 0 Å². The van der Waals surface area contributed by atoms with Gasteiger partial charge in [0, 0.05) is 21.2 Å². The third-order valence-corrected chi connectivity index (χ3v) is 5.38. The number of hydrogen-bond acceptors (Lipinski definition) is 4. The average molecular weight is 409 g/mol. The van der Waals surface area contributed by atoms with Crippen molar-refractivity contribution in [1.82, 2.24) is 4.98 Å². The summed E-state index contributed by atoms with van der Waals surface area (Å²) >= 11 is 7.34. The summed E-state index contributed by atoms with van der Waals surface area (Å²) in [5.41, 5.74) is 4.22. The summed E-state index contributed by atoms with van der Waals surface area (Å²) in [4.78, 5) is 17.8. The first kappa shape index (κ1) is 18.6. The second kappa shape index (κ2) is 8.09. The van der Waals surface area contributed by atoms with Gasteiger partial charge in [-0.2, -0.15) is 0 Å². The zero-order chi connectivity index (χ0) is 19.5. The minimum Gasteiger partial charge on any atom is -0.436 e. The second-order valence-electron chi connectivity index (χ2n) is 6.36. The molecule has 4 nitrogen and oxygen atoms in total. The first-order chi connectivity index (χ1) is 13.6. The Kier molecular flexibility index (Phi) is 5.37. The van der Waals surface area contributed by atoms with Crippen LogP contribution in [0.3, 0.4) is 0 Å². The lowest BCUT2D eigenvalue weighted by molar-refractivity contribution is -0.113. The lowest BCUT2D eigenvalue weighted by Gasteiger charge is -2.06. The molecule has 0 spiro atoms. The van der Waals surface area contributed by atoms with Crippen molar-refractivity contribution in [2.45, 2.75) is 11.8 Å². The molecule has 4 rings (SSSR count). The number of nitrogens with zero attached hydrogens (tertiary/aromatic N) is 1. The summed E-state index contributed by atoms with van der Waals surface area (Å²) < 4.78 is 5.85. The Labute approximate surface area is 171 Å². The van der Waals surface area contributed by atoms with Crippen LogP contribution in [-0.4, -0.2) is 16.6 Å². The van der Waals surface area contributed by atoms with Crippen molar-refractivity contribution < 1.29 is 9.21 Å². The number of thioether (sulfide) groups is 1. The van der Waals surface area contributed by atoms with Gasteiger partial charge in [0.15, 0.2) is 5.58 Å². The number of aryl methyl sites for hydroxylation is 1. The Morgan fingerprint density at radius 3 is 2.75 bits per heavy atom. The van der Waals surface area contributed by atoms with Crippen LogP contribution in [0, 0.1) is 6.92 Å². The van der Waals surface area contributed by atoms with Gasteiger partial charge in [-0.15, -0.1) is 11.8 Å². The molecule has 0 aliphatic rings. The first-order valence-electron chi connectivity index (χ1n) is 8.73. The van der Waals surface area contributed by atoms with Gasteiger partial charge >= 0.3 is 0 Å². The zero-order valence-corrected chi connectivity index (χ0v) is 16.7. The second-order valence-corrected chi connectivity index (χ2v) is 7.85. The van der Waals surface area contributed by atoms with Crippen LogP contribution in [-0.2, 0) is 4.79 Å². The van der Waals surface area contributed by atoms with Crippen molar-refractivity contribution in [1.29, 1.82) is 0 Å². The minimum atomic E-state index is -0.0784. The molecule has 1 aromatic heterocycles. The molecule has 0 aliphatic heterocycles. The van der Waals surface area contributed by atoms with Crippen molar-refractivity contribution in [2.24, 2.45) is 0 Å². The number of anilines is 1. The fraction of sp³-hybridized carbons (Fsp3) is 0.0909. The van der Waals surface area contributed by atoms with Gasteiger partial charge in [0.2, 0.25) is 11.8 Å². The molecule has 140 valence electrons. The van der Waals surface area contributed by atoms with Crippen molar-refractivity contribution in [2.75, 3.05) is 11.1 Å². The number of fused-ring (bicyclic) bond motifs is 1. The smallest absolute Gasteiger partial charge is 0.234 e. The van der Waals surface area contributed by atoms with Gasteiger partial charge in [0.25, 0.3) is 0 Å². The molecule has 0 bridgehead atoms. The summed E-state index contributed by atoms with van der Waals surface area (Å²) in [7, 11) is 0. The Morgan fingerprint density at radius 1 is 1.11 bits per heavy atom. The van der Waals surface area contributed by atoms with E-state index in [1.54, 1.807) is 0 Å². The van der Waals surface area contributed by atoms with E-state index in [-0.39, 0.29) is 5.91 Å². The van der Waals surface area contributed by atoms with E-state index in [4.69, 9.17) is 16.0 Å². The van der Waals surface area contributed by atoms with Gasteiger partial charge in [0.1, 0.15) is 5.52 Å². The van der Waals surface area contributed by atoms with Crippen molar-refractivity contribution in [3.63, 3.8) is 0 Å². The Morgan fingerprint density at radius 2 is 1.93 bits per heavy atom. The van der Waals surface area contributed by atoms with Crippen LogP contribution < -0.4 is 5.32 Å². The monoisotopic (exact) mass is 408 g/mol. The van der Waals surface area contributed by atoms with Gasteiger partial charge in [-0.1, -0.05) is 23.7 Å². The molecular weight excluding hydrogens is 392 g/mol. The van der Waals surface area contributed by atoms with Crippen LogP contribution in [0.1, 0.15) is 5.56 Å². The maximum Gasteiger partial charge on any atom is 0.234 e. The number of carbonyl (C=O) groups excluding carboxylic acids is 1. The molecule has 6 heteroatoms. The standard InChI is InChI=1S/C22H17ClN2O2S/c1-14-5-10-20-19(11-14)25-22(27-20)15-3-2-4-17(12-15)24-21(26)13-28-18-8-6-16(23)7-9-18/h2-12H,13H2,1H3,(H,24,26). The molecule has 0 radical (unpaired) electrons. The SMILES string of the molecule is Cc1ccc2oc(-c3cccc(NC(=O)CSc4ccc(Cl)cc4)c3)nc2c1. The van der Waals surface area contributed by atoms with Crippen LogP contribution in [0.2, 0.25) is 5.02 Å². The molecule has 0 unspecified atom stereocenters. The summed E-state index contributed by atoms with van der Waals surface area (Å²) in [5, 5.41) is 3.60. The normalized spacial score (nSPS) is 10.9. The number of benzene rings is 3. The van der Waals surface area contributed by atoms with E-state index in [1.807, 2.05) is 73.7 Å². The number of oxazole rings is 1. The molecule has 1 heterocycles. The Bertz CT molecular complexity index is 1140. The summed E-state index contributed by atoms with van der Waals surface area (Å²) in [6.45, 7) is 2.02. The zero-order valence-electron chi connectivity index (χ0n) is 15.1. The van der Waals surface area contributed by atoms with Gasteiger partial charge in [-0.25, -0.2) is 4.98 Å². The molecule has 28 heavy (non-hydrogen) atoms. The molecule has 3 aromatic carbocycles. The van der Waals surface area contributed by atoms with Gasteiger partial charge in [0.05, 0.1) is 5.75 Å². The maximum atomic E-state index is 12.3. The van der Waals surface area contributed by atoms with Crippen LogP contribution >= 0.6 is 23.4 Å². The number of carbonyl (C=O) groups is 1. The molecule has 1 N–H and O–H groups in total. The number of rotatable bonds is 5. The maximum absolute atomic E-state index is 12.3. The molecule has 1 amide bonds. The van der Waals surface area contributed by atoms with Crippen molar-refractivity contribution in [3.8, 4) is 11.5 Å². The number of hydrogen-bond donors (Lipinski definition) is 1. The number of aromatic nitrogens is 1. The quantitative estimate of drug-likeness (QED) is 0.400. The fourth-order valence-corrected chi connectivity index (χ4v) is 3.59. The molecular formula is C22H17ClN2O2S. The van der Waals surface area contributed by atoms with Gasteiger partial charge in [-0.3, -0.25) is 4.79 Å². The average Bonchev–Trinajstić information content (AvgIpc) is 3.11. The van der Waals surface area contributed by atoms with Crippen LogP contribution in [0.5, 0.6) is 0 Å². The summed E-state index contributed by atoms with van der Waals surface area (Å²) in [6.07, 6.45) is 0. The van der Waals surface area contributed by atoms with Crippen molar-refractivity contribution >= 4 is 46.1 Å². The third kappa shape index (κ3) is 4.38. The highest BCUT2D eigenvalue weighted by Crippen LogP contribution is 2.27. The lowest BCUT2D eigenvalue weighted by atomic mass is 10.2. The highest BCUT2D eigenvalue weighted by molar-refractivity contribution is 8.00. The molecule has 0 saturated heterocycles. The van der Waals surface area contributed by atoms with Crippen LogP contribution in [0.25, 0.3) is 22.6 Å². The predicted molar refractivity (Wildman–Crippen MR) is 115 cm³/mol. The van der Waals surface area contributed by atoms with Crippen LogP contribution in [0.15, 0.2) is 76.0 Å². The van der Waals surface area contributed by atoms with Crippen molar-refractivity contribution in [3.05, 3.63) is 77.3 Å². The highest BCUT2D eigenvalue weighted by atomic mass is 35.5. The lowest BCUT2D eigenvalue weighted by Crippen LogP contribution is -2.13. The van der Waals surface area contributed by atoms with E-state index in [2.05, 4.69) is 10.3 Å². The number of amides is 1. The topological polar surface area (TPSA) is 55.1 Å². The summed E-state index contributed by atoms with van der Waals surface area (Å²) in [5.74, 6) is 0.770. The van der Waals surface area contributed by atoms with E-state index in [0.29, 0.717) is 22.4 Å². The Hall–Kier alpha value is -2.76. The number of nitrogens with one attached hydrogen (secondary N) is 1. The van der Waals surface area contributed by atoms with E-state index in [9.17, 15) is 4.79 Å². The first-order valence-corrected chi connectivity index (χ1v) is 10.1. The summed E-state index contributed by atoms with van der Waals surface area (Å²) in [6, 6.07) is 20.8. The molecule has 0 aliphatic carbocycles. The van der Waals surface area contributed by atoms with Gasteiger partial charge in [-0.05, 0) is 67.1 Å². The van der Waals surface area contributed by atoms with Gasteiger partial charge < -0.3 is 9.73 Å². The minimum absolute atomic E-state index is 0.0784. The van der Waals surface area contributed by atoms with E-state index in [0.717, 1.165) is 27.1 Å². The predicted octanol–water partition coefficient (Wildman–Crippen LogP) is 6.19.